The van der Waals surface area contributed by atoms with Crippen molar-refractivity contribution in [2.75, 3.05) is 7.11 Å². The largest absolute Gasteiger partial charge is 0.496 e. The summed E-state index contributed by atoms with van der Waals surface area (Å²) in [5, 5.41) is 5.74. The summed E-state index contributed by atoms with van der Waals surface area (Å²) in [6.45, 7) is 5.73. The Morgan fingerprint density at radius 1 is 1.19 bits per heavy atom. The van der Waals surface area contributed by atoms with Crippen molar-refractivity contribution in [1.29, 1.82) is 0 Å². The number of amides is 1. The van der Waals surface area contributed by atoms with Crippen LogP contribution in [0.15, 0.2) is 24.3 Å². The third kappa shape index (κ3) is 5.91. The smallest absolute Gasteiger partial charge is 0.256 e. The molecule has 0 saturated heterocycles. The van der Waals surface area contributed by atoms with Gasteiger partial charge in [0.05, 0.1) is 12.7 Å². The topological polar surface area (TPSA) is 50.4 Å². The van der Waals surface area contributed by atoms with Crippen molar-refractivity contribution in [3.8, 4) is 5.75 Å². The molecule has 0 aliphatic rings. The fourth-order valence-electron chi connectivity index (χ4n) is 1.67. The minimum absolute atomic E-state index is 0.345. The zero-order chi connectivity index (χ0) is 16.3. The first-order chi connectivity index (χ1) is 9.54. The fourth-order valence-corrected chi connectivity index (χ4v) is 2.00. The summed E-state index contributed by atoms with van der Waals surface area (Å²) < 4.78 is 3.46. The molecule has 0 aromatic heterocycles. The van der Waals surface area contributed by atoms with Crippen molar-refractivity contribution in [2.24, 2.45) is 0 Å². The third-order valence-electron chi connectivity index (χ3n) is 2.53. The SMILES string of the molecule is COc1ccccc1C(=O)N[C@@H](NC(C)(C)C)C(Cl)(Cl)Cl. The lowest BCUT2D eigenvalue weighted by molar-refractivity contribution is 0.0919. The van der Waals surface area contributed by atoms with E-state index in [1.165, 1.54) is 7.11 Å². The van der Waals surface area contributed by atoms with Gasteiger partial charge in [-0.15, -0.1) is 0 Å². The number of alkyl halides is 3. The highest BCUT2D eigenvalue weighted by Gasteiger charge is 2.36. The van der Waals surface area contributed by atoms with Gasteiger partial charge in [0.15, 0.2) is 0 Å². The molecule has 1 atom stereocenters. The summed E-state index contributed by atoms with van der Waals surface area (Å²) in [7, 11) is 1.49. The van der Waals surface area contributed by atoms with E-state index in [4.69, 9.17) is 39.5 Å². The molecule has 0 aliphatic carbocycles. The Kier molecular flexibility index (Phi) is 6.17. The van der Waals surface area contributed by atoms with Crippen molar-refractivity contribution in [3.63, 3.8) is 0 Å². The van der Waals surface area contributed by atoms with Gasteiger partial charge >= 0.3 is 0 Å². The minimum atomic E-state index is -1.69. The molecule has 0 unspecified atom stereocenters. The lowest BCUT2D eigenvalue weighted by Gasteiger charge is -2.33. The molecule has 1 rings (SSSR count). The highest BCUT2D eigenvalue weighted by Crippen LogP contribution is 2.30. The molecule has 1 amide bonds. The number of ether oxygens (including phenoxy) is 1. The molecule has 1 aromatic carbocycles. The fraction of sp³-hybridized carbons (Fsp3) is 0.500. The number of carbonyl (C=O) groups is 1. The van der Waals surface area contributed by atoms with Gasteiger partial charge in [-0.05, 0) is 32.9 Å². The number of rotatable bonds is 4. The number of hydrogen-bond donors (Lipinski definition) is 2. The predicted octanol–water partition coefficient (Wildman–Crippen LogP) is 3.51. The Labute approximate surface area is 140 Å². The average Bonchev–Trinajstić information content (AvgIpc) is 2.35. The summed E-state index contributed by atoms with van der Waals surface area (Å²) in [6.07, 6.45) is -0.847. The Bertz CT molecular complexity index is 496. The van der Waals surface area contributed by atoms with E-state index in [0.717, 1.165) is 0 Å². The van der Waals surface area contributed by atoms with E-state index in [1.54, 1.807) is 24.3 Å². The number of methoxy groups -OCH3 is 1. The number of carbonyl (C=O) groups excluding carboxylic acids is 1. The second-order valence-corrected chi connectivity index (χ2v) is 7.91. The van der Waals surface area contributed by atoms with E-state index in [-0.39, 0.29) is 11.4 Å². The second-order valence-electron chi connectivity index (χ2n) is 5.54. The van der Waals surface area contributed by atoms with Gasteiger partial charge in [0.2, 0.25) is 3.79 Å². The lowest BCUT2D eigenvalue weighted by atomic mass is 10.1. The van der Waals surface area contributed by atoms with Gasteiger partial charge < -0.3 is 10.1 Å². The maximum absolute atomic E-state index is 12.4. The molecular weight excluding hydrogens is 335 g/mol. The minimum Gasteiger partial charge on any atom is -0.496 e. The summed E-state index contributed by atoms with van der Waals surface area (Å²) in [5.41, 5.74) is 0.0257. The predicted molar refractivity (Wildman–Crippen MR) is 87.4 cm³/mol. The van der Waals surface area contributed by atoms with Gasteiger partial charge in [-0.25, -0.2) is 0 Å². The maximum atomic E-state index is 12.4. The molecule has 0 bridgehead atoms. The number of benzene rings is 1. The van der Waals surface area contributed by atoms with Crippen molar-refractivity contribution < 1.29 is 9.53 Å². The molecule has 0 aliphatic heterocycles. The first-order valence-electron chi connectivity index (χ1n) is 6.33. The number of nitrogens with one attached hydrogen (secondary N) is 2. The zero-order valence-corrected chi connectivity index (χ0v) is 14.6. The Morgan fingerprint density at radius 2 is 1.76 bits per heavy atom. The number of hydrogen-bond acceptors (Lipinski definition) is 3. The van der Waals surface area contributed by atoms with Crippen molar-refractivity contribution >= 4 is 40.7 Å². The van der Waals surface area contributed by atoms with Gasteiger partial charge in [-0.2, -0.15) is 0 Å². The van der Waals surface area contributed by atoms with Crippen LogP contribution in [-0.2, 0) is 0 Å². The molecule has 4 nitrogen and oxygen atoms in total. The molecule has 0 heterocycles. The van der Waals surface area contributed by atoms with Gasteiger partial charge in [0, 0.05) is 5.54 Å². The van der Waals surface area contributed by atoms with Gasteiger partial charge in [0.25, 0.3) is 5.91 Å². The summed E-state index contributed by atoms with van der Waals surface area (Å²) in [5.74, 6) is 0.0642. The van der Waals surface area contributed by atoms with E-state index < -0.39 is 9.96 Å². The van der Waals surface area contributed by atoms with Crippen LogP contribution in [0.5, 0.6) is 5.75 Å². The molecule has 7 heteroatoms. The highest BCUT2D eigenvalue weighted by atomic mass is 35.6. The molecule has 0 saturated carbocycles. The van der Waals surface area contributed by atoms with E-state index in [0.29, 0.717) is 11.3 Å². The maximum Gasteiger partial charge on any atom is 0.256 e. The van der Waals surface area contributed by atoms with Crippen LogP contribution in [0.2, 0.25) is 0 Å². The second kappa shape index (κ2) is 7.05. The van der Waals surface area contributed by atoms with Crippen LogP contribution < -0.4 is 15.4 Å². The summed E-state index contributed by atoms with van der Waals surface area (Å²) in [4.78, 5) is 12.4. The van der Waals surface area contributed by atoms with Crippen LogP contribution in [-0.4, -0.2) is 28.5 Å². The lowest BCUT2D eigenvalue weighted by Crippen LogP contribution is -2.58. The molecule has 2 N–H and O–H groups in total. The zero-order valence-electron chi connectivity index (χ0n) is 12.3. The number of para-hydroxylation sites is 1. The van der Waals surface area contributed by atoms with Crippen LogP contribution in [0.3, 0.4) is 0 Å². The first-order valence-corrected chi connectivity index (χ1v) is 7.46. The Balaban J connectivity index is 2.96. The molecule has 1 aromatic rings. The molecule has 0 radical (unpaired) electrons. The van der Waals surface area contributed by atoms with Crippen LogP contribution in [0.4, 0.5) is 0 Å². The molecule has 0 spiro atoms. The molecule has 0 fully saturated rings. The number of halogens is 3. The monoisotopic (exact) mass is 352 g/mol. The van der Waals surface area contributed by atoms with Crippen LogP contribution in [0, 0.1) is 0 Å². The molecular formula is C14H19Cl3N2O2. The standard InChI is InChI=1S/C14H19Cl3N2O2/c1-13(2,3)19-12(14(15,16)17)18-11(20)9-7-5-6-8-10(9)21-4/h5-8,12,19H,1-4H3,(H,18,20)/t12-/m0/s1. The molecule has 118 valence electrons. The van der Waals surface area contributed by atoms with E-state index in [9.17, 15) is 4.79 Å². The Morgan fingerprint density at radius 3 is 2.24 bits per heavy atom. The normalized spacial score (nSPS) is 13.7. The van der Waals surface area contributed by atoms with Gasteiger partial charge in [-0.1, -0.05) is 46.9 Å². The van der Waals surface area contributed by atoms with Gasteiger partial charge in [0.1, 0.15) is 11.9 Å². The van der Waals surface area contributed by atoms with Crippen LogP contribution in [0.1, 0.15) is 31.1 Å². The first kappa shape index (κ1) is 18.4. The van der Waals surface area contributed by atoms with Gasteiger partial charge in [-0.3, -0.25) is 10.1 Å². The van der Waals surface area contributed by atoms with Crippen molar-refractivity contribution in [2.45, 2.75) is 36.3 Å². The highest BCUT2D eigenvalue weighted by molar-refractivity contribution is 6.68. The van der Waals surface area contributed by atoms with Crippen LogP contribution in [0.25, 0.3) is 0 Å². The molecule has 21 heavy (non-hydrogen) atoms. The quantitative estimate of drug-likeness (QED) is 0.643. The average molecular weight is 354 g/mol. The van der Waals surface area contributed by atoms with E-state index in [1.807, 2.05) is 20.8 Å². The van der Waals surface area contributed by atoms with Crippen molar-refractivity contribution in [1.82, 2.24) is 10.6 Å². The van der Waals surface area contributed by atoms with Crippen molar-refractivity contribution in [3.05, 3.63) is 29.8 Å². The van der Waals surface area contributed by atoms with E-state index >= 15 is 0 Å². The Hall–Kier alpha value is -0.680. The summed E-state index contributed by atoms with van der Waals surface area (Å²) >= 11 is 17.8. The van der Waals surface area contributed by atoms with E-state index in [2.05, 4.69) is 10.6 Å². The van der Waals surface area contributed by atoms with Crippen LogP contribution >= 0.6 is 34.8 Å². The third-order valence-corrected chi connectivity index (χ3v) is 3.19. The summed E-state index contributed by atoms with van der Waals surface area (Å²) in [6, 6.07) is 6.84.